The summed E-state index contributed by atoms with van der Waals surface area (Å²) in [5.74, 6) is 1.31. The van der Waals surface area contributed by atoms with Crippen LogP contribution in [0, 0.1) is 0 Å². The van der Waals surface area contributed by atoms with Crippen molar-refractivity contribution in [1.82, 2.24) is 0 Å². The second-order valence-electron chi connectivity index (χ2n) is 22.3. The van der Waals surface area contributed by atoms with Gasteiger partial charge < -0.3 is 0 Å². The van der Waals surface area contributed by atoms with Crippen LogP contribution in [0.3, 0.4) is 0 Å². The minimum absolute atomic E-state index is 0.415. The van der Waals surface area contributed by atoms with Gasteiger partial charge in [0.15, 0.2) is 0 Å². The molecule has 1 aliphatic rings. The van der Waals surface area contributed by atoms with E-state index in [4.69, 9.17) is 0 Å². The molecule has 0 saturated heterocycles. The standard InChI is InChI=1S/C73H52/c1-38(2)44-36-59(39(3)4)63(60(37-44)40(5)6)43-24-25-47-51-26-27-52-54-30-32-57-69-58(33-31-55(67(54)69)53-28-29-56(61(47)35-43)65(51)66(52)53)72-70-50-23-15-14-22-49(50)64-46-20-11-10-18-42(46)34-62(73(64)70)68(71(57)72)48-21-13-12-19-45(48)41-16-8-7-9-17-41/h7-40H,1-6H3. The summed E-state index contributed by atoms with van der Waals surface area (Å²) in [4.78, 5) is 0. The molecule has 15 aromatic rings. The highest BCUT2D eigenvalue weighted by atomic mass is 14.3. The molecule has 0 aromatic heterocycles. The Bertz CT molecular complexity index is 4800. The molecule has 0 fully saturated rings. The lowest BCUT2D eigenvalue weighted by molar-refractivity contribution is 0.807. The molecule has 0 bridgehead atoms. The second kappa shape index (κ2) is 14.7. The lowest BCUT2D eigenvalue weighted by Gasteiger charge is -2.23. The molecule has 0 amide bonds. The molecule has 16 rings (SSSR count). The molecule has 0 nitrogen and oxygen atoms in total. The van der Waals surface area contributed by atoms with E-state index in [2.05, 4.69) is 230 Å². The number of hydrogen-bond acceptors (Lipinski definition) is 0. The Kier molecular flexibility index (Phi) is 8.29. The number of fused-ring (bicyclic) bond motifs is 14. The van der Waals surface area contributed by atoms with E-state index in [9.17, 15) is 0 Å². The summed E-state index contributed by atoms with van der Waals surface area (Å²) in [5, 5.41) is 27.0. The third kappa shape index (κ3) is 5.31. The van der Waals surface area contributed by atoms with Crippen molar-refractivity contribution < 1.29 is 0 Å². The highest BCUT2D eigenvalue weighted by Gasteiger charge is 2.31. The van der Waals surface area contributed by atoms with E-state index in [1.807, 2.05) is 0 Å². The molecular formula is C73H52. The van der Waals surface area contributed by atoms with Crippen LogP contribution in [0.1, 0.15) is 76.0 Å². The Morgan fingerprint density at radius 2 is 0.699 bits per heavy atom. The maximum absolute atomic E-state index is 2.53. The van der Waals surface area contributed by atoms with Gasteiger partial charge in [-0.25, -0.2) is 0 Å². The Morgan fingerprint density at radius 1 is 0.233 bits per heavy atom. The van der Waals surface area contributed by atoms with Crippen molar-refractivity contribution in [3.63, 3.8) is 0 Å². The van der Waals surface area contributed by atoms with Crippen molar-refractivity contribution in [2.24, 2.45) is 0 Å². The van der Waals surface area contributed by atoms with Crippen LogP contribution < -0.4 is 0 Å². The van der Waals surface area contributed by atoms with Gasteiger partial charge in [-0.2, -0.15) is 0 Å². The van der Waals surface area contributed by atoms with E-state index in [0.717, 1.165) is 0 Å². The average molecular weight is 929 g/mol. The van der Waals surface area contributed by atoms with Gasteiger partial charge in [-0.1, -0.05) is 217 Å². The monoisotopic (exact) mass is 928 g/mol. The summed E-state index contributed by atoms with van der Waals surface area (Å²) in [7, 11) is 0. The number of benzene rings is 13. The molecule has 0 aliphatic heterocycles. The fraction of sp³-hybridized carbons (Fsp3) is 0.123. The van der Waals surface area contributed by atoms with Gasteiger partial charge in [0.2, 0.25) is 0 Å². The number of rotatable bonds is 6. The Hall–Kier alpha value is -8.32. The molecule has 15 aromatic carbocycles. The summed E-state index contributed by atoms with van der Waals surface area (Å²) < 4.78 is 0. The molecule has 1 aliphatic carbocycles. The molecule has 0 atom stereocenters. The zero-order valence-electron chi connectivity index (χ0n) is 42.1. The van der Waals surface area contributed by atoms with Crippen molar-refractivity contribution in [1.29, 1.82) is 0 Å². The van der Waals surface area contributed by atoms with Gasteiger partial charge in [0.1, 0.15) is 0 Å². The SMILES string of the molecule is CC(C)c1cc(C(C)C)c(-c2ccc3c(c2)-c2ccc4c5ccc6c7c(ccc(c8ccc-3c2c84)c57)c2c(-c3ccccc3-c3ccccc3)c3cc4ccccc4c4c5ccccc5c(c62)c34)c(C(C)C)c1. The molecule has 0 unspecified atom stereocenters. The summed E-state index contributed by atoms with van der Waals surface area (Å²) in [6, 6.07) is 73.0. The minimum atomic E-state index is 0.415. The molecule has 0 heterocycles. The Morgan fingerprint density at radius 3 is 1.37 bits per heavy atom. The van der Waals surface area contributed by atoms with E-state index in [1.165, 1.54) is 180 Å². The summed E-state index contributed by atoms with van der Waals surface area (Å²) in [6.45, 7) is 14.1. The van der Waals surface area contributed by atoms with Gasteiger partial charge in [0.25, 0.3) is 0 Å². The molecule has 0 heteroatoms. The van der Waals surface area contributed by atoms with Crippen LogP contribution in [0.25, 0.3) is 163 Å². The van der Waals surface area contributed by atoms with Crippen molar-refractivity contribution in [2.75, 3.05) is 0 Å². The molecule has 344 valence electrons. The van der Waals surface area contributed by atoms with Crippen molar-refractivity contribution in [3.05, 3.63) is 205 Å². The second-order valence-corrected chi connectivity index (χ2v) is 22.3. The molecular weight excluding hydrogens is 877 g/mol. The van der Waals surface area contributed by atoms with E-state index >= 15 is 0 Å². The average Bonchev–Trinajstić information content (AvgIpc) is 4.07. The first-order valence-electron chi connectivity index (χ1n) is 26.6. The highest BCUT2D eigenvalue weighted by Crippen LogP contribution is 2.59. The third-order valence-electron chi connectivity index (χ3n) is 17.5. The van der Waals surface area contributed by atoms with Gasteiger partial charge in [-0.05, 0) is 210 Å². The van der Waals surface area contributed by atoms with Gasteiger partial charge in [0, 0.05) is 0 Å². The lowest BCUT2D eigenvalue weighted by Crippen LogP contribution is -2.03. The van der Waals surface area contributed by atoms with Gasteiger partial charge in [-0.3, -0.25) is 0 Å². The van der Waals surface area contributed by atoms with Crippen LogP contribution in [0.15, 0.2) is 188 Å². The molecule has 0 radical (unpaired) electrons. The first-order chi connectivity index (χ1) is 35.7. The predicted molar refractivity (Wildman–Crippen MR) is 318 cm³/mol. The fourth-order valence-electron chi connectivity index (χ4n) is 14.4. The van der Waals surface area contributed by atoms with Crippen LogP contribution in [-0.2, 0) is 0 Å². The first kappa shape index (κ1) is 41.3. The summed E-state index contributed by atoms with van der Waals surface area (Å²) in [5.41, 5.74) is 17.6. The van der Waals surface area contributed by atoms with Gasteiger partial charge in [-0.15, -0.1) is 0 Å². The van der Waals surface area contributed by atoms with Crippen LogP contribution >= 0.6 is 0 Å². The van der Waals surface area contributed by atoms with E-state index in [-0.39, 0.29) is 0 Å². The van der Waals surface area contributed by atoms with Crippen LogP contribution in [-0.4, -0.2) is 0 Å². The van der Waals surface area contributed by atoms with Crippen molar-refractivity contribution in [3.8, 4) is 55.6 Å². The third-order valence-corrected chi connectivity index (χ3v) is 17.5. The van der Waals surface area contributed by atoms with Crippen LogP contribution in [0.2, 0.25) is 0 Å². The molecule has 0 N–H and O–H groups in total. The Labute approximate surface area is 425 Å². The largest absolute Gasteiger partial charge is 0.0622 e. The molecule has 73 heavy (non-hydrogen) atoms. The van der Waals surface area contributed by atoms with E-state index in [0.29, 0.717) is 17.8 Å². The maximum atomic E-state index is 2.53. The van der Waals surface area contributed by atoms with Crippen molar-refractivity contribution >= 4 is 108 Å². The zero-order chi connectivity index (χ0) is 48.7. The van der Waals surface area contributed by atoms with Crippen molar-refractivity contribution in [2.45, 2.75) is 59.3 Å². The Balaban J connectivity index is 1.02. The van der Waals surface area contributed by atoms with Crippen LogP contribution in [0.4, 0.5) is 0 Å². The molecule has 0 spiro atoms. The fourth-order valence-corrected chi connectivity index (χ4v) is 14.4. The summed E-state index contributed by atoms with van der Waals surface area (Å²) in [6.07, 6.45) is 0. The minimum Gasteiger partial charge on any atom is -0.0622 e. The topological polar surface area (TPSA) is 0 Å². The normalized spacial score (nSPS) is 12.9. The zero-order valence-corrected chi connectivity index (χ0v) is 42.1. The van der Waals surface area contributed by atoms with Gasteiger partial charge in [0.05, 0.1) is 0 Å². The number of hydrogen-bond donors (Lipinski definition) is 0. The van der Waals surface area contributed by atoms with Crippen LogP contribution in [0.5, 0.6) is 0 Å². The van der Waals surface area contributed by atoms with E-state index < -0.39 is 0 Å². The van der Waals surface area contributed by atoms with Gasteiger partial charge >= 0.3 is 0 Å². The quantitative estimate of drug-likeness (QED) is 0.115. The highest BCUT2D eigenvalue weighted by molar-refractivity contribution is 6.52. The smallest absolute Gasteiger partial charge is 0.000695 e. The maximum Gasteiger partial charge on any atom is -0.000695 e. The lowest BCUT2D eigenvalue weighted by atomic mass is 9.81. The first-order valence-corrected chi connectivity index (χ1v) is 26.6. The summed E-state index contributed by atoms with van der Waals surface area (Å²) >= 11 is 0. The molecule has 0 saturated carbocycles. The van der Waals surface area contributed by atoms with E-state index in [1.54, 1.807) is 0 Å². The predicted octanol–water partition coefficient (Wildman–Crippen LogP) is 21.6.